The van der Waals surface area contributed by atoms with Crippen molar-refractivity contribution in [2.24, 2.45) is 0 Å². The second-order valence-corrected chi connectivity index (χ2v) is 6.50. The summed E-state index contributed by atoms with van der Waals surface area (Å²) in [5.41, 5.74) is 2.92. The van der Waals surface area contributed by atoms with E-state index in [1.165, 1.54) is 13.0 Å². The molecule has 0 unspecified atom stereocenters. The zero-order valence-electron chi connectivity index (χ0n) is 15.7. The van der Waals surface area contributed by atoms with E-state index in [1.54, 1.807) is 10.8 Å². The van der Waals surface area contributed by atoms with Crippen molar-refractivity contribution >= 4 is 28.8 Å². The number of ether oxygens (including phenoxy) is 1. The van der Waals surface area contributed by atoms with Crippen molar-refractivity contribution in [3.05, 3.63) is 78.5 Å². The normalized spacial score (nSPS) is 11.2. The Kier molecular flexibility index (Phi) is 5.07. The predicted octanol–water partition coefficient (Wildman–Crippen LogP) is 4.43. The van der Waals surface area contributed by atoms with E-state index in [2.05, 4.69) is 5.10 Å². The van der Waals surface area contributed by atoms with Crippen LogP contribution < -0.4 is 0 Å². The molecule has 0 atom stereocenters. The van der Waals surface area contributed by atoms with E-state index in [4.69, 9.17) is 9.15 Å². The molecule has 2 aromatic heterocycles. The number of rotatable bonds is 6. The molecule has 0 N–H and O–H groups in total. The van der Waals surface area contributed by atoms with Crippen LogP contribution in [0.15, 0.2) is 77.4 Å². The summed E-state index contributed by atoms with van der Waals surface area (Å²) in [6.45, 7) is 1.11. The predicted molar refractivity (Wildman–Crippen MR) is 109 cm³/mol. The van der Waals surface area contributed by atoms with Gasteiger partial charge in [0.25, 0.3) is 0 Å². The number of benzene rings is 2. The summed E-state index contributed by atoms with van der Waals surface area (Å²) >= 11 is 0. The van der Waals surface area contributed by atoms with Gasteiger partial charge in [-0.2, -0.15) is 5.10 Å². The van der Waals surface area contributed by atoms with Crippen LogP contribution in [-0.4, -0.2) is 28.1 Å². The number of esters is 1. The molecule has 0 bridgehead atoms. The van der Waals surface area contributed by atoms with Crippen LogP contribution in [0.3, 0.4) is 0 Å². The minimum absolute atomic E-state index is 0.216. The van der Waals surface area contributed by atoms with Crippen molar-refractivity contribution in [1.82, 2.24) is 9.78 Å². The molecule has 0 aliphatic carbocycles. The molecule has 4 rings (SSSR count). The SMILES string of the molecule is CC(=O)COC(=O)/C=C/c1cn(-c2ccccc2)nc1-c1cc2ccccc2o1. The second kappa shape index (κ2) is 7.98. The highest BCUT2D eigenvalue weighted by molar-refractivity contribution is 5.91. The number of hydrogen-bond acceptors (Lipinski definition) is 5. The average Bonchev–Trinajstić information content (AvgIpc) is 3.35. The summed E-state index contributed by atoms with van der Waals surface area (Å²) in [6, 6.07) is 19.3. The largest absolute Gasteiger partial charge is 0.455 e. The average molecular weight is 386 g/mol. The Morgan fingerprint density at radius 3 is 2.62 bits per heavy atom. The number of nitrogens with zero attached hydrogens (tertiary/aromatic N) is 2. The number of carbonyl (C=O) groups excluding carboxylic acids is 2. The minimum Gasteiger partial charge on any atom is -0.455 e. The number of hydrogen-bond donors (Lipinski definition) is 0. The van der Waals surface area contributed by atoms with E-state index < -0.39 is 5.97 Å². The monoisotopic (exact) mass is 386 g/mol. The zero-order valence-corrected chi connectivity index (χ0v) is 15.7. The van der Waals surface area contributed by atoms with Gasteiger partial charge in [0.15, 0.2) is 11.5 Å². The van der Waals surface area contributed by atoms with E-state index in [9.17, 15) is 9.59 Å². The van der Waals surface area contributed by atoms with E-state index in [0.717, 1.165) is 16.7 Å². The molecule has 4 aromatic rings. The fourth-order valence-corrected chi connectivity index (χ4v) is 2.89. The first-order valence-electron chi connectivity index (χ1n) is 9.08. The molecule has 0 spiro atoms. The van der Waals surface area contributed by atoms with Crippen molar-refractivity contribution in [1.29, 1.82) is 0 Å². The molecule has 0 saturated heterocycles. The number of carbonyl (C=O) groups is 2. The van der Waals surface area contributed by atoms with E-state index >= 15 is 0 Å². The van der Waals surface area contributed by atoms with Gasteiger partial charge in [0.2, 0.25) is 0 Å². The van der Waals surface area contributed by atoms with Gasteiger partial charge in [-0.1, -0.05) is 36.4 Å². The lowest BCUT2D eigenvalue weighted by atomic mass is 10.2. The summed E-state index contributed by atoms with van der Waals surface area (Å²) < 4.78 is 12.6. The first-order valence-corrected chi connectivity index (χ1v) is 9.08. The Bertz CT molecular complexity index is 1170. The third-order valence-electron chi connectivity index (χ3n) is 4.24. The Labute approximate surface area is 167 Å². The molecule has 6 nitrogen and oxygen atoms in total. The highest BCUT2D eigenvalue weighted by atomic mass is 16.5. The fourth-order valence-electron chi connectivity index (χ4n) is 2.89. The van der Waals surface area contributed by atoms with Gasteiger partial charge < -0.3 is 9.15 Å². The first-order chi connectivity index (χ1) is 14.1. The number of furan rings is 1. The van der Waals surface area contributed by atoms with Crippen LogP contribution >= 0.6 is 0 Å². The van der Waals surface area contributed by atoms with Crippen LogP contribution in [0.2, 0.25) is 0 Å². The molecule has 2 heterocycles. The molecule has 0 radical (unpaired) electrons. The molecular formula is C23H18N2O4. The number of aromatic nitrogens is 2. The lowest BCUT2D eigenvalue weighted by Gasteiger charge is -1.98. The smallest absolute Gasteiger partial charge is 0.331 e. The summed E-state index contributed by atoms with van der Waals surface area (Å²) in [6.07, 6.45) is 4.70. The first kappa shape index (κ1) is 18.4. The molecule has 0 saturated carbocycles. The standard InChI is InChI=1S/C23H18N2O4/c1-16(26)15-28-22(27)12-11-18-14-25(19-8-3-2-4-9-19)24-23(18)21-13-17-7-5-6-10-20(17)29-21/h2-14H,15H2,1H3/b12-11+. The second-order valence-electron chi connectivity index (χ2n) is 6.50. The Morgan fingerprint density at radius 1 is 1.10 bits per heavy atom. The van der Waals surface area contributed by atoms with E-state index in [1.807, 2.05) is 66.9 Å². The molecular weight excluding hydrogens is 368 g/mol. The summed E-state index contributed by atoms with van der Waals surface area (Å²) in [7, 11) is 0. The Hall–Kier alpha value is -3.93. The number of ketones is 1. The topological polar surface area (TPSA) is 74.3 Å². The summed E-state index contributed by atoms with van der Waals surface area (Å²) in [5, 5.41) is 5.63. The summed E-state index contributed by atoms with van der Waals surface area (Å²) in [4.78, 5) is 22.9. The molecule has 6 heteroatoms. The third kappa shape index (κ3) is 4.16. The van der Waals surface area contributed by atoms with Gasteiger partial charge in [0.05, 0.1) is 5.69 Å². The third-order valence-corrected chi connectivity index (χ3v) is 4.24. The highest BCUT2D eigenvalue weighted by Crippen LogP contribution is 2.30. The summed E-state index contributed by atoms with van der Waals surface area (Å²) in [5.74, 6) is -0.215. The quantitative estimate of drug-likeness (QED) is 0.362. The molecule has 0 amide bonds. The van der Waals surface area contributed by atoms with Gasteiger partial charge in [-0.15, -0.1) is 0 Å². The van der Waals surface area contributed by atoms with Crippen LogP contribution in [0.4, 0.5) is 0 Å². The van der Waals surface area contributed by atoms with Gasteiger partial charge in [-0.25, -0.2) is 9.48 Å². The Balaban J connectivity index is 1.73. The van der Waals surface area contributed by atoms with E-state index in [0.29, 0.717) is 17.0 Å². The van der Waals surface area contributed by atoms with Crippen molar-refractivity contribution in [2.75, 3.05) is 6.61 Å². The molecule has 29 heavy (non-hydrogen) atoms. The minimum atomic E-state index is -0.594. The molecule has 2 aromatic carbocycles. The van der Waals surface area contributed by atoms with Crippen LogP contribution in [0.5, 0.6) is 0 Å². The fraction of sp³-hybridized carbons (Fsp3) is 0.0870. The lowest BCUT2D eigenvalue weighted by Crippen LogP contribution is -2.08. The maximum atomic E-state index is 11.9. The Morgan fingerprint density at radius 2 is 1.86 bits per heavy atom. The van der Waals surface area contributed by atoms with Gasteiger partial charge in [0.1, 0.15) is 17.9 Å². The lowest BCUT2D eigenvalue weighted by molar-refractivity contribution is -0.142. The van der Waals surface area contributed by atoms with Gasteiger partial charge in [0, 0.05) is 23.2 Å². The van der Waals surface area contributed by atoms with E-state index in [-0.39, 0.29) is 12.4 Å². The number of para-hydroxylation sites is 2. The van der Waals surface area contributed by atoms with Gasteiger partial charge >= 0.3 is 5.97 Å². The van der Waals surface area contributed by atoms with Crippen molar-refractivity contribution in [2.45, 2.75) is 6.92 Å². The van der Waals surface area contributed by atoms with Crippen molar-refractivity contribution < 1.29 is 18.7 Å². The number of fused-ring (bicyclic) bond motifs is 1. The molecule has 0 aliphatic heterocycles. The van der Waals surface area contributed by atoms with Crippen LogP contribution in [-0.2, 0) is 14.3 Å². The van der Waals surface area contributed by atoms with Gasteiger partial charge in [-0.3, -0.25) is 4.79 Å². The van der Waals surface area contributed by atoms with Crippen LogP contribution in [0.25, 0.3) is 34.2 Å². The highest BCUT2D eigenvalue weighted by Gasteiger charge is 2.15. The molecule has 0 fully saturated rings. The molecule has 0 aliphatic rings. The van der Waals surface area contributed by atoms with Crippen LogP contribution in [0.1, 0.15) is 12.5 Å². The van der Waals surface area contributed by atoms with Gasteiger partial charge in [-0.05, 0) is 37.3 Å². The number of Topliss-reactive ketones (excluding diaryl/α,β-unsaturated/α-hetero) is 1. The molecule has 144 valence electrons. The van der Waals surface area contributed by atoms with Crippen molar-refractivity contribution in [3.63, 3.8) is 0 Å². The van der Waals surface area contributed by atoms with Crippen LogP contribution in [0, 0.1) is 0 Å². The maximum Gasteiger partial charge on any atom is 0.331 e. The maximum absolute atomic E-state index is 11.9. The van der Waals surface area contributed by atoms with Crippen molar-refractivity contribution in [3.8, 4) is 17.1 Å². The zero-order chi connectivity index (χ0) is 20.2.